The van der Waals surface area contributed by atoms with Gasteiger partial charge in [-0.1, -0.05) is 35.1 Å². The molecule has 0 unspecified atom stereocenters. The SMILES string of the molecule is C[Si]1(C)CC[C@H](Br)C1. The average Bonchev–Trinajstić information content (AvgIpc) is 1.82. The fourth-order valence-electron chi connectivity index (χ4n) is 1.35. The van der Waals surface area contributed by atoms with Gasteiger partial charge in [0.15, 0.2) is 0 Å². The van der Waals surface area contributed by atoms with E-state index < -0.39 is 8.07 Å². The van der Waals surface area contributed by atoms with Gasteiger partial charge in [0.1, 0.15) is 0 Å². The van der Waals surface area contributed by atoms with Crippen LogP contribution >= 0.6 is 15.9 Å². The molecule has 2 heteroatoms. The predicted octanol–water partition coefficient (Wildman–Crippen LogP) is 2.86. The van der Waals surface area contributed by atoms with E-state index in [4.69, 9.17) is 0 Å². The van der Waals surface area contributed by atoms with Crippen LogP contribution < -0.4 is 0 Å². The highest BCUT2D eigenvalue weighted by Gasteiger charge is 2.30. The average molecular weight is 193 g/mol. The molecule has 0 aromatic heterocycles. The third-order valence-electron chi connectivity index (χ3n) is 1.91. The molecule has 0 aromatic rings. The van der Waals surface area contributed by atoms with Crippen LogP contribution in [-0.4, -0.2) is 12.9 Å². The largest absolute Gasteiger partial charge is 0.0894 e. The Hall–Kier alpha value is 0.697. The Morgan fingerprint density at radius 2 is 2.12 bits per heavy atom. The first-order valence-corrected chi connectivity index (χ1v) is 7.57. The summed E-state index contributed by atoms with van der Waals surface area (Å²) in [6.07, 6.45) is 1.43. The number of halogens is 1. The predicted molar refractivity (Wildman–Crippen MR) is 44.4 cm³/mol. The molecule has 1 saturated heterocycles. The van der Waals surface area contributed by atoms with Gasteiger partial charge in [0, 0.05) is 12.9 Å². The van der Waals surface area contributed by atoms with Crippen molar-refractivity contribution in [3.63, 3.8) is 0 Å². The minimum absolute atomic E-state index is 0.650. The Labute approximate surface area is 60.8 Å². The minimum Gasteiger partial charge on any atom is -0.0894 e. The molecule has 1 heterocycles. The van der Waals surface area contributed by atoms with Crippen molar-refractivity contribution in [3.8, 4) is 0 Å². The lowest BCUT2D eigenvalue weighted by Gasteiger charge is -2.11. The van der Waals surface area contributed by atoms with Gasteiger partial charge in [-0.15, -0.1) is 0 Å². The summed E-state index contributed by atoms with van der Waals surface area (Å²) in [6.45, 7) is 4.96. The highest BCUT2D eigenvalue weighted by atomic mass is 79.9. The Morgan fingerprint density at radius 1 is 1.50 bits per heavy atom. The van der Waals surface area contributed by atoms with Gasteiger partial charge in [-0.3, -0.25) is 0 Å². The maximum absolute atomic E-state index is 3.65. The summed E-state index contributed by atoms with van der Waals surface area (Å²) in [5.74, 6) is 0. The zero-order valence-electron chi connectivity index (χ0n) is 5.58. The number of rotatable bonds is 0. The van der Waals surface area contributed by atoms with E-state index in [0.29, 0.717) is 0 Å². The summed E-state index contributed by atoms with van der Waals surface area (Å²) in [5.41, 5.74) is 0. The lowest BCUT2D eigenvalue weighted by Crippen LogP contribution is -2.19. The van der Waals surface area contributed by atoms with Gasteiger partial charge in [0.05, 0.1) is 0 Å². The molecular weight excluding hydrogens is 180 g/mol. The highest BCUT2D eigenvalue weighted by Crippen LogP contribution is 2.34. The van der Waals surface area contributed by atoms with E-state index in [9.17, 15) is 0 Å². The quantitative estimate of drug-likeness (QED) is 0.410. The van der Waals surface area contributed by atoms with Crippen LogP contribution in [-0.2, 0) is 0 Å². The van der Waals surface area contributed by atoms with E-state index in [0.717, 1.165) is 4.83 Å². The standard InChI is InChI=1S/C6H13BrSi/c1-8(2)4-3-6(7)5-8/h6H,3-5H2,1-2H3/t6-/m0/s1. The molecule has 0 bridgehead atoms. The third-order valence-corrected chi connectivity index (χ3v) is 6.53. The van der Waals surface area contributed by atoms with Crippen LogP contribution in [0.3, 0.4) is 0 Å². The number of alkyl halides is 1. The molecule has 1 aliphatic heterocycles. The molecule has 0 radical (unpaired) electrons. The molecule has 0 amide bonds. The molecular formula is C6H13BrSi. The monoisotopic (exact) mass is 192 g/mol. The van der Waals surface area contributed by atoms with Crippen LogP contribution in [0.2, 0.25) is 25.2 Å². The molecule has 0 saturated carbocycles. The van der Waals surface area contributed by atoms with Crippen LogP contribution in [0.5, 0.6) is 0 Å². The van der Waals surface area contributed by atoms with Crippen molar-refractivity contribution in [3.05, 3.63) is 0 Å². The zero-order valence-corrected chi connectivity index (χ0v) is 8.16. The fraction of sp³-hybridized carbons (Fsp3) is 1.00. The molecule has 0 aliphatic carbocycles. The Balaban J connectivity index is 2.44. The van der Waals surface area contributed by atoms with E-state index in [-0.39, 0.29) is 0 Å². The summed E-state index contributed by atoms with van der Waals surface area (Å²) < 4.78 is 0. The van der Waals surface area contributed by atoms with Gasteiger partial charge in [-0.25, -0.2) is 0 Å². The fourth-order valence-corrected chi connectivity index (χ4v) is 7.37. The Kier molecular flexibility index (Phi) is 1.82. The van der Waals surface area contributed by atoms with E-state index in [1.807, 2.05) is 0 Å². The lowest BCUT2D eigenvalue weighted by molar-refractivity contribution is 0.972. The summed E-state index contributed by atoms with van der Waals surface area (Å²) in [4.78, 5) is 0.865. The van der Waals surface area contributed by atoms with Crippen molar-refractivity contribution in [2.45, 2.75) is 36.4 Å². The summed E-state index contributed by atoms with van der Waals surface area (Å²) in [5, 5.41) is 0. The minimum atomic E-state index is -0.650. The first kappa shape index (κ1) is 6.81. The molecule has 1 fully saturated rings. The molecule has 0 nitrogen and oxygen atoms in total. The van der Waals surface area contributed by atoms with E-state index in [1.54, 1.807) is 0 Å². The van der Waals surface area contributed by atoms with E-state index in [1.165, 1.54) is 18.5 Å². The zero-order chi connectivity index (χ0) is 6.20. The Morgan fingerprint density at radius 3 is 2.25 bits per heavy atom. The van der Waals surface area contributed by atoms with Gasteiger partial charge >= 0.3 is 0 Å². The first-order valence-electron chi connectivity index (χ1n) is 3.24. The van der Waals surface area contributed by atoms with Crippen LogP contribution in [0.1, 0.15) is 6.42 Å². The second-order valence-corrected chi connectivity index (χ2v) is 10.0. The van der Waals surface area contributed by atoms with Gasteiger partial charge < -0.3 is 0 Å². The maximum atomic E-state index is 3.65. The van der Waals surface area contributed by atoms with Crippen molar-refractivity contribution >= 4 is 24.0 Å². The van der Waals surface area contributed by atoms with Crippen LogP contribution in [0.15, 0.2) is 0 Å². The topological polar surface area (TPSA) is 0 Å². The van der Waals surface area contributed by atoms with Crippen molar-refractivity contribution in [1.82, 2.24) is 0 Å². The van der Waals surface area contributed by atoms with Crippen molar-refractivity contribution in [1.29, 1.82) is 0 Å². The summed E-state index contributed by atoms with van der Waals surface area (Å²) >= 11 is 3.65. The molecule has 1 rings (SSSR count). The molecule has 1 atom stereocenters. The molecule has 8 heavy (non-hydrogen) atoms. The second kappa shape index (κ2) is 2.14. The van der Waals surface area contributed by atoms with Gasteiger partial charge in [0.25, 0.3) is 0 Å². The van der Waals surface area contributed by atoms with Crippen molar-refractivity contribution < 1.29 is 0 Å². The first-order chi connectivity index (χ1) is 3.60. The van der Waals surface area contributed by atoms with E-state index in [2.05, 4.69) is 29.0 Å². The van der Waals surface area contributed by atoms with Crippen molar-refractivity contribution in [2.24, 2.45) is 0 Å². The van der Waals surface area contributed by atoms with E-state index >= 15 is 0 Å². The lowest BCUT2D eigenvalue weighted by atomic mass is 10.4. The molecule has 1 aliphatic rings. The Bertz CT molecular complexity index is 90.5. The molecule has 0 aromatic carbocycles. The smallest absolute Gasteiger partial charge is 0.0485 e. The van der Waals surface area contributed by atoms with Gasteiger partial charge in [0.2, 0.25) is 0 Å². The number of hydrogen-bond donors (Lipinski definition) is 0. The maximum Gasteiger partial charge on any atom is 0.0485 e. The summed E-state index contributed by atoms with van der Waals surface area (Å²) in [7, 11) is -0.650. The molecule has 48 valence electrons. The highest BCUT2D eigenvalue weighted by molar-refractivity contribution is 9.09. The van der Waals surface area contributed by atoms with Crippen LogP contribution in [0.25, 0.3) is 0 Å². The third kappa shape index (κ3) is 1.59. The van der Waals surface area contributed by atoms with Crippen LogP contribution in [0, 0.1) is 0 Å². The normalized spacial score (nSPS) is 35.6. The van der Waals surface area contributed by atoms with Gasteiger partial charge in [-0.2, -0.15) is 0 Å². The van der Waals surface area contributed by atoms with Crippen molar-refractivity contribution in [2.75, 3.05) is 0 Å². The van der Waals surface area contributed by atoms with Crippen LogP contribution in [0.4, 0.5) is 0 Å². The van der Waals surface area contributed by atoms with Gasteiger partial charge in [-0.05, 0) is 12.5 Å². The summed E-state index contributed by atoms with van der Waals surface area (Å²) in [6, 6.07) is 3.02. The molecule has 0 N–H and O–H groups in total. The second-order valence-electron chi connectivity index (χ2n) is 3.50. The number of hydrogen-bond acceptors (Lipinski definition) is 0. The molecule has 0 spiro atoms.